The number of anilines is 3. The normalized spacial score (nSPS) is 17.5. The van der Waals surface area contributed by atoms with Gasteiger partial charge in [-0.15, -0.1) is 0 Å². The molecular formula is C23H33N7O. The van der Waals surface area contributed by atoms with E-state index < -0.39 is 0 Å². The predicted molar refractivity (Wildman–Crippen MR) is 126 cm³/mol. The minimum atomic E-state index is 0.387. The molecule has 4 rings (SSSR count). The van der Waals surface area contributed by atoms with Gasteiger partial charge in [-0.2, -0.15) is 0 Å². The fraction of sp³-hybridized carbons (Fsp3) is 0.565. The topological polar surface area (TPSA) is 79.3 Å². The number of ether oxygens (including phenoxy) is 1. The second-order valence-electron chi connectivity index (χ2n) is 8.54. The summed E-state index contributed by atoms with van der Waals surface area (Å²) in [6, 6.07) is 2.46. The first-order valence-electron chi connectivity index (χ1n) is 11.2. The molecule has 0 spiro atoms. The molecule has 1 N–H and O–H groups in total. The van der Waals surface area contributed by atoms with Crippen molar-refractivity contribution < 1.29 is 4.74 Å². The molecule has 2 saturated heterocycles. The SMILES string of the molecule is Cc1nc(/C=C/c2nc(NC3CCOCC3)cc(N3CCCC3)n2)nc(N(C)C)c1C. The minimum absolute atomic E-state index is 0.387. The van der Waals surface area contributed by atoms with Crippen LogP contribution in [0.2, 0.25) is 0 Å². The molecule has 0 bridgehead atoms. The van der Waals surface area contributed by atoms with E-state index in [2.05, 4.69) is 28.2 Å². The molecule has 166 valence electrons. The Morgan fingerprint density at radius 3 is 2.35 bits per heavy atom. The summed E-state index contributed by atoms with van der Waals surface area (Å²) < 4.78 is 5.49. The van der Waals surface area contributed by atoms with Crippen LogP contribution in [0.4, 0.5) is 17.5 Å². The van der Waals surface area contributed by atoms with Crippen molar-refractivity contribution in [1.82, 2.24) is 19.9 Å². The molecular weight excluding hydrogens is 390 g/mol. The number of rotatable bonds is 6. The van der Waals surface area contributed by atoms with Crippen LogP contribution in [0.1, 0.15) is 48.6 Å². The highest BCUT2D eigenvalue weighted by Crippen LogP contribution is 2.23. The van der Waals surface area contributed by atoms with E-state index in [-0.39, 0.29) is 0 Å². The minimum Gasteiger partial charge on any atom is -0.381 e. The summed E-state index contributed by atoms with van der Waals surface area (Å²) in [5, 5.41) is 3.59. The molecule has 2 aliphatic rings. The first kappa shape index (κ1) is 21.5. The molecule has 0 saturated carbocycles. The smallest absolute Gasteiger partial charge is 0.156 e. The van der Waals surface area contributed by atoms with Crippen molar-refractivity contribution in [1.29, 1.82) is 0 Å². The van der Waals surface area contributed by atoms with Crippen LogP contribution in [-0.2, 0) is 4.74 Å². The average Bonchev–Trinajstić information content (AvgIpc) is 3.30. The largest absolute Gasteiger partial charge is 0.381 e. The standard InChI is InChI=1S/C23H33N7O/c1-16-17(2)24-19(28-23(16)29(3)4)7-8-20-26-21(25-18-9-13-31-14-10-18)15-22(27-20)30-11-5-6-12-30/h7-8,15,18H,5-6,9-14H2,1-4H3,(H,25,26,27)/b8-7+. The zero-order chi connectivity index (χ0) is 21.8. The van der Waals surface area contributed by atoms with Gasteiger partial charge in [0.1, 0.15) is 17.5 Å². The Morgan fingerprint density at radius 2 is 1.68 bits per heavy atom. The van der Waals surface area contributed by atoms with Gasteiger partial charge >= 0.3 is 0 Å². The molecule has 2 aromatic heterocycles. The van der Waals surface area contributed by atoms with Crippen molar-refractivity contribution in [3.63, 3.8) is 0 Å². The van der Waals surface area contributed by atoms with Crippen LogP contribution < -0.4 is 15.1 Å². The molecule has 0 aliphatic carbocycles. The average molecular weight is 424 g/mol. The monoisotopic (exact) mass is 423 g/mol. The molecule has 0 radical (unpaired) electrons. The quantitative estimate of drug-likeness (QED) is 0.758. The molecule has 0 aromatic carbocycles. The van der Waals surface area contributed by atoms with Gasteiger partial charge in [0.15, 0.2) is 11.6 Å². The van der Waals surface area contributed by atoms with E-state index in [9.17, 15) is 0 Å². The maximum absolute atomic E-state index is 5.49. The zero-order valence-electron chi connectivity index (χ0n) is 19.1. The van der Waals surface area contributed by atoms with Gasteiger partial charge in [0.25, 0.3) is 0 Å². The number of nitrogens with one attached hydrogen (secondary N) is 1. The maximum Gasteiger partial charge on any atom is 0.156 e. The van der Waals surface area contributed by atoms with Crippen molar-refractivity contribution in [2.24, 2.45) is 0 Å². The lowest BCUT2D eigenvalue weighted by Gasteiger charge is -2.24. The van der Waals surface area contributed by atoms with Crippen LogP contribution in [0, 0.1) is 13.8 Å². The van der Waals surface area contributed by atoms with Gasteiger partial charge < -0.3 is 19.9 Å². The van der Waals surface area contributed by atoms with Gasteiger partial charge in [0.2, 0.25) is 0 Å². The molecule has 0 atom stereocenters. The predicted octanol–water partition coefficient (Wildman–Crippen LogP) is 3.31. The van der Waals surface area contributed by atoms with E-state index in [1.54, 1.807) is 0 Å². The molecule has 8 heteroatoms. The fourth-order valence-corrected chi connectivity index (χ4v) is 4.05. The van der Waals surface area contributed by atoms with Gasteiger partial charge in [-0.25, -0.2) is 19.9 Å². The third-order valence-corrected chi connectivity index (χ3v) is 5.92. The Labute approximate surface area is 184 Å². The molecule has 0 unspecified atom stereocenters. The molecule has 2 aliphatic heterocycles. The zero-order valence-corrected chi connectivity index (χ0v) is 19.1. The van der Waals surface area contributed by atoms with E-state index in [1.165, 1.54) is 12.8 Å². The first-order chi connectivity index (χ1) is 15.0. The summed E-state index contributed by atoms with van der Waals surface area (Å²) >= 11 is 0. The number of aromatic nitrogens is 4. The summed E-state index contributed by atoms with van der Waals surface area (Å²) in [6.45, 7) is 7.75. The Balaban J connectivity index is 1.61. The van der Waals surface area contributed by atoms with Gasteiger partial charge in [0, 0.05) is 63.8 Å². The molecule has 2 fully saturated rings. The van der Waals surface area contributed by atoms with E-state index in [1.807, 2.05) is 38.1 Å². The highest BCUT2D eigenvalue weighted by atomic mass is 16.5. The highest BCUT2D eigenvalue weighted by Gasteiger charge is 2.18. The van der Waals surface area contributed by atoms with Crippen LogP contribution in [-0.4, -0.2) is 66.4 Å². The molecule has 4 heterocycles. The number of hydrogen-bond donors (Lipinski definition) is 1. The Bertz CT molecular complexity index is 932. The van der Waals surface area contributed by atoms with Crippen molar-refractivity contribution in [2.45, 2.75) is 45.6 Å². The van der Waals surface area contributed by atoms with Crippen LogP contribution in [0.25, 0.3) is 12.2 Å². The molecule has 0 amide bonds. The molecule has 2 aromatic rings. The van der Waals surface area contributed by atoms with E-state index in [0.717, 1.165) is 67.9 Å². The third kappa shape index (κ3) is 5.31. The number of hydrogen-bond acceptors (Lipinski definition) is 8. The van der Waals surface area contributed by atoms with Crippen molar-refractivity contribution in [3.8, 4) is 0 Å². The van der Waals surface area contributed by atoms with Gasteiger partial charge in [0.05, 0.1) is 0 Å². The lowest BCUT2D eigenvalue weighted by molar-refractivity contribution is 0.0904. The van der Waals surface area contributed by atoms with Crippen LogP contribution in [0.15, 0.2) is 6.07 Å². The van der Waals surface area contributed by atoms with Gasteiger partial charge in [-0.1, -0.05) is 0 Å². The van der Waals surface area contributed by atoms with Crippen LogP contribution >= 0.6 is 0 Å². The summed E-state index contributed by atoms with van der Waals surface area (Å²) in [5.41, 5.74) is 2.07. The second kappa shape index (κ2) is 9.60. The van der Waals surface area contributed by atoms with Crippen molar-refractivity contribution in [3.05, 3.63) is 29.0 Å². The summed E-state index contributed by atoms with van der Waals surface area (Å²) in [7, 11) is 4.00. The lowest BCUT2D eigenvalue weighted by Crippen LogP contribution is -2.28. The van der Waals surface area contributed by atoms with E-state index in [0.29, 0.717) is 17.7 Å². The van der Waals surface area contributed by atoms with Gasteiger partial charge in [-0.3, -0.25) is 0 Å². The van der Waals surface area contributed by atoms with Crippen LogP contribution in [0.3, 0.4) is 0 Å². The van der Waals surface area contributed by atoms with Crippen molar-refractivity contribution >= 4 is 29.6 Å². The van der Waals surface area contributed by atoms with Gasteiger partial charge in [-0.05, 0) is 51.7 Å². The third-order valence-electron chi connectivity index (χ3n) is 5.92. The number of aryl methyl sites for hydroxylation is 1. The highest BCUT2D eigenvalue weighted by molar-refractivity contribution is 5.66. The van der Waals surface area contributed by atoms with Crippen molar-refractivity contribution in [2.75, 3.05) is 55.5 Å². The van der Waals surface area contributed by atoms with E-state index >= 15 is 0 Å². The Hall–Kier alpha value is -2.74. The number of nitrogens with zero attached hydrogens (tertiary/aromatic N) is 6. The Kier molecular flexibility index (Phi) is 6.65. The summed E-state index contributed by atoms with van der Waals surface area (Å²) in [5.74, 6) is 4.13. The lowest BCUT2D eigenvalue weighted by atomic mass is 10.1. The molecule has 31 heavy (non-hydrogen) atoms. The Morgan fingerprint density at radius 1 is 1.00 bits per heavy atom. The first-order valence-corrected chi connectivity index (χ1v) is 11.2. The maximum atomic E-state index is 5.49. The second-order valence-corrected chi connectivity index (χ2v) is 8.54. The van der Waals surface area contributed by atoms with Crippen LogP contribution in [0.5, 0.6) is 0 Å². The summed E-state index contributed by atoms with van der Waals surface area (Å²) in [6.07, 6.45) is 8.23. The molecule has 8 nitrogen and oxygen atoms in total. The summed E-state index contributed by atoms with van der Waals surface area (Å²) in [4.78, 5) is 23.3. The fourth-order valence-electron chi connectivity index (χ4n) is 4.05. The van der Waals surface area contributed by atoms with E-state index in [4.69, 9.17) is 19.7 Å².